The van der Waals surface area contributed by atoms with Gasteiger partial charge in [0.1, 0.15) is 23.3 Å². The zero-order valence-electron chi connectivity index (χ0n) is 26.0. The van der Waals surface area contributed by atoms with Crippen LogP contribution in [0.4, 0.5) is 14.5 Å². The van der Waals surface area contributed by atoms with Crippen molar-refractivity contribution in [1.82, 2.24) is 20.1 Å². The highest BCUT2D eigenvalue weighted by molar-refractivity contribution is 5.96. The molecule has 2 aliphatic heterocycles. The van der Waals surface area contributed by atoms with E-state index in [1.165, 1.54) is 19.2 Å². The van der Waals surface area contributed by atoms with Gasteiger partial charge in [-0.05, 0) is 66.9 Å². The van der Waals surface area contributed by atoms with Crippen molar-refractivity contribution in [3.8, 4) is 11.5 Å². The first-order valence-electron chi connectivity index (χ1n) is 15.5. The van der Waals surface area contributed by atoms with Crippen molar-refractivity contribution in [3.63, 3.8) is 0 Å². The Hall–Kier alpha value is -4.58. The van der Waals surface area contributed by atoms with Gasteiger partial charge in [-0.2, -0.15) is 8.78 Å². The number of rotatable bonds is 10. The number of carbonyl (C=O) groups excluding carboxylic acids is 3. The third kappa shape index (κ3) is 9.46. The molecule has 3 aromatic rings. The maximum atomic E-state index is 13.2. The summed E-state index contributed by atoms with van der Waals surface area (Å²) in [5, 5.41) is 5.79. The first-order chi connectivity index (χ1) is 22.0. The molecule has 2 aromatic carbocycles. The minimum Gasteiger partial charge on any atom is -0.490 e. The van der Waals surface area contributed by atoms with Crippen LogP contribution in [0.5, 0.6) is 11.5 Å². The number of likely N-dealkylation sites (tertiary alicyclic amines) is 2. The van der Waals surface area contributed by atoms with Crippen molar-refractivity contribution in [1.29, 1.82) is 0 Å². The number of ether oxygens (including phenoxy) is 2. The van der Waals surface area contributed by atoms with Gasteiger partial charge in [0.15, 0.2) is 0 Å². The number of halogens is 2. The second-order valence-electron chi connectivity index (χ2n) is 11.8. The van der Waals surface area contributed by atoms with E-state index in [2.05, 4.69) is 25.3 Å². The minimum atomic E-state index is -3.24. The third-order valence-electron chi connectivity index (χ3n) is 7.98. The van der Waals surface area contributed by atoms with Crippen LogP contribution < -0.4 is 20.1 Å². The summed E-state index contributed by atoms with van der Waals surface area (Å²) in [7, 11) is 0. The molecule has 3 heterocycles. The maximum absolute atomic E-state index is 13.2. The number of hydrogen-bond donors (Lipinski definition) is 2. The molecule has 0 aliphatic carbocycles. The van der Waals surface area contributed by atoms with Gasteiger partial charge in [-0.1, -0.05) is 12.1 Å². The molecule has 10 nitrogen and oxygen atoms in total. The monoisotopic (exact) mass is 635 g/mol. The van der Waals surface area contributed by atoms with E-state index in [1.54, 1.807) is 41.3 Å². The number of anilines is 1. The molecule has 46 heavy (non-hydrogen) atoms. The van der Waals surface area contributed by atoms with Gasteiger partial charge < -0.3 is 25.0 Å². The lowest BCUT2D eigenvalue weighted by molar-refractivity contribution is -0.159. The number of aromatic nitrogens is 1. The molecule has 2 N–H and O–H groups in total. The van der Waals surface area contributed by atoms with Crippen LogP contribution in [0.25, 0.3) is 0 Å². The summed E-state index contributed by atoms with van der Waals surface area (Å²) < 4.78 is 37.1. The summed E-state index contributed by atoms with van der Waals surface area (Å²) in [4.78, 5) is 45.4. The Bertz CT molecular complexity index is 1500. The predicted octanol–water partition coefficient (Wildman–Crippen LogP) is 5.11. The molecule has 0 saturated carbocycles. The molecular formula is C34H39F2N5O5. The molecule has 12 heteroatoms. The summed E-state index contributed by atoms with van der Waals surface area (Å²) in [6.07, 6.45) is 1.04. The number of pyridine rings is 1. The summed E-state index contributed by atoms with van der Waals surface area (Å²) in [5.41, 5.74) is 2.26. The van der Waals surface area contributed by atoms with E-state index in [9.17, 15) is 23.2 Å². The van der Waals surface area contributed by atoms with E-state index in [-0.39, 0.29) is 41.3 Å². The van der Waals surface area contributed by atoms with Crippen molar-refractivity contribution in [3.05, 3.63) is 83.7 Å². The molecule has 0 bridgehead atoms. The fourth-order valence-corrected chi connectivity index (χ4v) is 5.68. The highest BCUT2D eigenvalue weighted by Gasteiger charge is 2.27. The highest BCUT2D eigenvalue weighted by atomic mass is 19.3. The fraction of sp³-hybridized carbons (Fsp3) is 0.412. The van der Waals surface area contributed by atoms with Gasteiger partial charge in [-0.3, -0.25) is 24.3 Å². The van der Waals surface area contributed by atoms with E-state index in [4.69, 9.17) is 4.74 Å². The van der Waals surface area contributed by atoms with Crippen molar-refractivity contribution in [2.24, 2.45) is 0 Å². The van der Waals surface area contributed by atoms with Crippen LogP contribution >= 0.6 is 0 Å². The first kappa shape index (κ1) is 32.8. The van der Waals surface area contributed by atoms with Crippen LogP contribution in [0.3, 0.4) is 0 Å². The van der Waals surface area contributed by atoms with Crippen molar-refractivity contribution < 1.29 is 32.6 Å². The van der Waals surface area contributed by atoms with Gasteiger partial charge in [0.2, 0.25) is 5.91 Å². The Balaban J connectivity index is 1.04. The van der Waals surface area contributed by atoms with Crippen molar-refractivity contribution in [2.45, 2.75) is 64.3 Å². The Morgan fingerprint density at radius 2 is 1.65 bits per heavy atom. The summed E-state index contributed by atoms with van der Waals surface area (Å²) in [5.74, 6) is 0.287. The third-order valence-corrected chi connectivity index (χ3v) is 7.98. The number of amides is 3. The predicted molar refractivity (Wildman–Crippen MR) is 168 cm³/mol. The number of alkyl halides is 2. The molecule has 2 saturated heterocycles. The van der Waals surface area contributed by atoms with Crippen LogP contribution in [-0.4, -0.2) is 76.9 Å². The topological polar surface area (TPSA) is 113 Å². The molecular weight excluding hydrogens is 596 g/mol. The number of carbonyl (C=O) groups is 3. The van der Waals surface area contributed by atoms with Gasteiger partial charge in [0, 0.05) is 77.3 Å². The molecule has 0 atom stereocenters. The Kier molecular flexibility index (Phi) is 10.5. The Morgan fingerprint density at radius 1 is 0.935 bits per heavy atom. The lowest BCUT2D eigenvalue weighted by Gasteiger charge is -2.32. The summed E-state index contributed by atoms with van der Waals surface area (Å²) in [6.45, 7) is 5.33. The average Bonchev–Trinajstić information content (AvgIpc) is 3.02. The normalized spacial score (nSPS) is 16.5. The fourth-order valence-electron chi connectivity index (χ4n) is 5.68. The first-order valence-corrected chi connectivity index (χ1v) is 15.5. The van der Waals surface area contributed by atoms with E-state index in [0.29, 0.717) is 56.4 Å². The van der Waals surface area contributed by atoms with Gasteiger partial charge in [-0.25, -0.2) is 0 Å². The van der Waals surface area contributed by atoms with Crippen molar-refractivity contribution in [2.75, 3.05) is 31.5 Å². The van der Waals surface area contributed by atoms with Crippen LogP contribution in [0.2, 0.25) is 0 Å². The largest absolute Gasteiger partial charge is 0.490 e. The van der Waals surface area contributed by atoms with Gasteiger partial charge in [0.05, 0.1) is 5.56 Å². The number of benzene rings is 2. The lowest BCUT2D eigenvalue weighted by Crippen LogP contribution is -2.44. The minimum absolute atomic E-state index is 0.00262. The lowest BCUT2D eigenvalue weighted by atomic mass is 10.0. The molecule has 2 fully saturated rings. The van der Waals surface area contributed by atoms with Crippen LogP contribution in [-0.2, 0) is 11.3 Å². The average molecular weight is 636 g/mol. The molecule has 1 aromatic heterocycles. The van der Waals surface area contributed by atoms with Crippen LogP contribution in [0, 0.1) is 0 Å². The van der Waals surface area contributed by atoms with E-state index in [0.717, 1.165) is 31.5 Å². The maximum Gasteiger partial charge on any atom is 0.394 e. The quantitative estimate of drug-likeness (QED) is 0.319. The van der Waals surface area contributed by atoms with Crippen LogP contribution in [0.15, 0.2) is 66.9 Å². The number of nitrogens with zero attached hydrogens (tertiary/aromatic N) is 3. The molecule has 0 unspecified atom stereocenters. The molecule has 0 spiro atoms. The SMILES string of the molecule is CC(=O)Nc1ccc(OC2CCN(C(=O)c3ccc(C(=O)NC4CCN(Cc5cccc(OC(C)(F)F)c5)CC4)cn3)CC2)cc1. The zero-order valence-corrected chi connectivity index (χ0v) is 26.0. The van der Waals surface area contributed by atoms with Gasteiger partial charge in [-0.15, -0.1) is 0 Å². The van der Waals surface area contributed by atoms with E-state index >= 15 is 0 Å². The summed E-state index contributed by atoms with van der Waals surface area (Å²) >= 11 is 0. The molecule has 244 valence electrons. The number of nitrogens with one attached hydrogen (secondary N) is 2. The van der Waals surface area contributed by atoms with Gasteiger partial charge >= 0.3 is 6.11 Å². The molecule has 5 rings (SSSR count). The Labute approximate surface area is 267 Å². The molecule has 0 radical (unpaired) electrons. The van der Waals surface area contributed by atoms with E-state index < -0.39 is 6.11 Å². The molecule has 2 aliphatic rings. The highest BCUT2D eigenvalue weighted by Crippen LogP contribution is 2.24. The summed E-state index contributed by atoms with van der Waals surface area (Å²) in [6, 6.07) is 17.1. The molecule has 3 amide bonds. The number of piperidine rings is 2. The number of hydrogen-bond acceptors (Lipinski definition) is 7. The van der Waals surface area contributed by atoms with Gasteiger partial charge in [0.25, 0.3) is 11.8 Å². The Morgan fingerprint density at radius 3 is 2.28 bits per heavy atom. The zero-order chi connectivity index (χ0) is 32.7. The van der Waals surface area contributed by atoms with Crippen molar-refractivity contribution >= 4 is 23.4 Å². The van der Waals surface area contributed by atoms with E-state index in [1.807, 2.05) is 18.2 Å². The van der Waals surface area contributed by atoms with Crippen LogP contribution in [0.1, 0.15) is 65.9 Å². The standard InChI is InChI=1S/C34H39F2N5O5/c1-23(42)38-26-7-9-28(10-8-26)45-29-14-18-41(19-15-29)33(44)31-11-6-25(21-37-31)32(43)39-27-12-16-40(17-13-27)22-24-4-3-5-30(20-24)46-34(2,35)36/h3-11,20-21,27,29H,12-19,22H2,1-2H3,(H,38,42)(H,39,43). The second-order valence-corrected chi connectivity index (χ2v) is 11.8. The second kappa shape index (κ2) is 14.7. The smallest absolute Gasteiger partial charge is 0.394 e.